The molecule has 1 fully saturated rings. The summed E-state index contributed by atoms with van der Waals surface area (Å²) in [5, 5.41) is 3.02. The van der Waals surface area contributed by atoms with E-state index in [1.54, 1.807) is 0 Å². The molecular weight excluding hydrogens is 157 g/mol. The second-order valence-electron chi connectivity index (χ2n) is 2.99. The molecule has 0 radical (unpaired) electrons. The van der Waals surface area contributed by atoms with Crippen molar-refractivity contribution in [1.29, 1.82) is 0 Å². The summed E-state index contributed by atoms with van der Waals surface area (Å²) in [7, 11) is 0. The van der Waals surface area contributed by atoms with Crippen LogP contribution in [0.3, 0.4) is 0 Å². The Labute approximate surface area is 70.0 Å². The van der Waals surface area contributed by atoms with Gasteiger partial charge in [0.25, 0.3) is 0 Å². The van der Waals surface area contributed by atoms with Crippen molar-refractivity contribution in [3.05, 3.63) is 18.3 Å². The summed E-state index contributed by atoms with van der Waals surface area (Å²) in [5.41, 5.74) is 0. The SMILES string of the molecule is Fc1cncnc1NC1CCC1. The van der Waals surface area contributed by atoms with E-state index in [1.807, 2.05) is 0 Å². The molecule has 0 aromatic carbocycles. The van der Waals surface area contributed by atoms with Crippen LogP contribution in [0.4, 0.5) is 10.2 Å². The third-order valence-corrected chi connectivity index (χ3v) is 2.11. The number of aromatic nitrogens is 2. The van der Waals surface area contributed by atoms with Crippen LogP contribution in [0.5, 0.6) is 0 Å². The van der Waals surface area contributed by atoms with Crippen LogP contribution in [0.2, 0.25) is 0 Å². The molecule has 0 aliphatic heterocycles. The van der Waals surface area contributed by atoms with Crippen molar-refractivity contribution in [3.8, 4) is 0 Å². The van der Waals surface area contributed by atoms with Crippen LogP contribution in [0, 0.1) is 5.82 Å². The van der Waals surface area contributed by atoms with Gasteiger partial charge >= 0.3 is 0 Å². The van der Waals surface area contributed by atoms with E-state index in [4.69, 9.17) is 0 Å². The molecule has 1 heterocycles. The minimum absolute atomic E-state index is 0.328. The Bertz CT molecular complexity index is 273. The van der Waals surface area contributed by atoms with Crippen LogP contribution < -0.4 is 5.32 Å². The first kappa shape index (κ1) is 7.46. The molecular formula is C8H10FN3. The lowest BCUT2D eigenvalue weighted by atomic mass is 9.93. The Hall–Kier alpha value is -1.19. The molecule has 0 atom stereocenters. The van der Waals surface area contributed by atoms with Crippen LogP contribution in [0.25, 0.3) is 0 Å². The van der Waals surface area contributed by atoms with E-state index in [1.165, 1.54) is 18.9 Å². The van der Waals surface area contributed by atoms with Gasteiger partial charge in [-0.25, -0.2) is 14.4 Å². The Morgan fingerprint density at radius 2 is 2.33 bits per heavy atom. The molecule has 12 heavy (non-hydrogen) atoms. The van der Waals surface area contributed by atoms with Crippen LogP contribution in [0.15, 0.2) is 12.5 Å². The summed E-state index contributed by atoms with van der Waals surface area (Å²) in [4.78, 5) is 7.37. The molecule has 2 rings (SSSR count). The summed E-state index contributed by atoms with van der Waals surface area (Å²) >= 11 is 0. The second-order valence-corrected chi connectivity index (χ2v) is 2.99. The number of nitrogens with one attached hydrogen (secondary N) is 1. The van der Waals surface area contributed by atoms with Crippen molar-refractivity contribution in [2.24, 2.45) is 0 Å². The fourth-order valence-corrected chi connectivity index (χ4v) is 1.16. The van der Waals surface area contributed by atoms with Crippen LogP contribution in [0.1, 0.15) is 19.3 Å². The number of hydrogen-bond acceptors (Lipinski definition) is 3. The van der Waals surface area contributed by atoms with Gasteiger partial charge in [0.15, 0.2) is 11.6 Å². The third-order valence-electron chi connectivity index (χ3n) is 2.11. The lowest BCUT2D eigenvalue weighted by molar-refractivity contribution is 0.441. The molecule has 0 unspecified atom stereocenters. The summed E-state index contributed by atoms with van der Waals surface area (Å²) in [5.74, 6) is -0.0425. The van der Waals surface area contributed by atoms with Gasteiger partial charge in [-0.05, 0) is 19.3 Å². The average Bonchev–Trinajstić information content (AvgIpc) is 2.00. The Balaban J connectivity index is 2.06. The highest BCUT2D eigenvalue weighted by Gasteiger charge is 2.18. The number of halogens is 1. The molecule has 1 aliphatic rings. The van der Waals surface area contributed by atoms with Gasteiger partial charge in [0.1, 0.15) is 6.33 Å². The maximum Gasteiger partial charge on any atom is 0.183 e. The first-order valence-corrected chi connectivity index (χ1v) is 4.08. The normalized spacial score (nSPS) is 17.1. The van der Waals surface area contributed by atoms with E-state index < -0.39 is 0 Å². The van der Waals surface area contributed by atoms with E-state index in [0.29, 0.717) is 11.9 Å². The molecule has 1 N–H and O–H groups in total. The average molecular weight is 167 g/mol. The molecule has 3 nitrogen and oxygen atoms in total. The van der Waals surface area contributed by atoms with Gasteiger partial charge in [-0.2, -0.15) is 0 Å². The highest BCUT2D eigenvalue weighted by Crippen LogP contribution is 2.22. The molecule has 4 heteroatoms. The fourth-order valence-electron chi connectivity index (χ4n) is 1.16. The highest BCUT2D eigenvalue weighted by atomic mass is 19.1. The van der Waals surface area contributed by atoms with Gasteiger partial charge in [-0.3, -0.25) is 0 Å². The molecule has 0 saturated heterocycles. The molecule has 1 aromatic heterocycles. The van der Waals surface area contributed by atoms with E-state index in [0.717, 1.165) is 12.8 Å². The van der Waals surface area contributed by atoms with Gasteiger partial charge < -0.3 is 5.32 Å². The first-order chi connectivity index (χ1) is 5.86. The van der Waals surface area contributed by atoms with Gasteiger partial charge in [-0.15, -0.1) is 0 Å². The summed E-state index contributed by atoms with van der Waals surface area (Å²) in [6, 6.07) is 0.411. The predicted octanol–water partition coefficient (Wildman–Crippen LogP) is 1.58. The van der Waals surface area contributed by atoms with E-state index in [-0.39, 0.29) is 5.82 Å². The lowest BCUT2D eigenvalue weighted by Gasteiger charge is -2.26. The minimum atomic E-state index is -0.371. The fraction of sp³-hybridized carbons (Fsp3) is 0.500. The van der Waals surface area contributed by atoms with Gasteiger partial charge in [0.2, 0.25) is 0 Å². The topological polar surface area (TPSA) is 37.8 Å². The smallest absolute Gasteiger partial charge is 0.183 e. The molecule has 0 spiro atoms. The summed E-state index contributed by atoms with van der Waals surface area (Å²) in [6.07, 6.45) is 5.98. The molecule has 1 aliphatic carbocycles. The minimum Gasteiger partial charge on any atom is -0.365 e. The Morgan fingerprint density at radius 3 is 2.92 bits per heavy atom. The van der Waals surface area contributed by atoms with Crippen molar-refractivity contribution in [2.45, 2.75) is 25.3 Å². The number of anilines is 1. The summed E-state index contributed by atoms with van der Waals surface area (Å²) in [6.45, 7) is 0. The zero-order valence-electron chi connectivity index (χ0n) is 6.63. The van der Waals surface area contributed by atoms with Gasteiger partial charge in [0.05, 0.1) is 6.20 Å². The number of nitrogens with zero attached hydrogens (tertiary/aromatic N) is 2. The predicted molar refractivity (Wildman–Crippen MR) is 43.3 cm³/mol. The van der Waals surface area contributed by atoms with E-state index in [9.17, 15) is 4.39 Å². The highest BCUT2D eigenvalue weighted by molar-refractivity contribution is 5.35. The monoisotopic (exact) mass is 167 g/mol. The van der Waals surface area contributed by atoms with Gasteiger partial charge in [-0.1, -0.05) is 0 Å². The molecule has 1 aromatic rings. The zero-order chi connectivity index (χ0) is 8.39. The Morgan fingerprint density at radius 1 is 1.50 bits per heavy atom. The maximum absolute atomic E-state index is 12.9. The zero-order valence-corrected chi connectivity index (χ0v) is 6.63. The molecule has 1 saturated carbocycles. The lowest BCUT2D eigenvalue weighted by Crippen LogP contribution is -2.28. The van der Waals surface area contributed by atoms with Crippen molar-refractivity contribution in [2.75, 3.05) is 5.32 Å². The largest absolute Gasteiger partial charge is 0.365 e. The number of rotatable bonds is 2. The standard InChI is InChI=1S/C8H10FN3/c9-7-4-10-5-11-8(7)12-6-2-1-3-6/h4-6H,1-3H2,(H,10,11,12). The summed E-state index contributed by atoms with van der Waals surface area (Å²) < 4.78 is 12.9. The van der Waals surface area contributed by atoms with Crippen LogP contribution >= 0.6 is 0 Å². The number of hydrogen-bond donors (Lipinski definition) is 1. The van der Waals surface area contributed by atoms with Crippen molar-refractivity contribution < 1.29 is 4.39 Å². The second kappa shape index (κ2) is 3.05. The van der Waals surface area contributed by atoms with Crippen molar-refractivity contribution in [3.63, 3.8) is 0 Å². The van der Waals surface area contributed by atoms with Crippen molar-refractivity contribution >= 4 is 5.82 Å². The third kappa shape index (κ3) is 1.37. The van der Waals surface area contributed by atoms with Crippen LogP contribution in [-0.2, 0) is 0 Å². The van der Waals surface area contributed by atoms with Gasteiger partial charge in [0, 0.05) is 6.04 Å². The van der Waals surface area contributed by atoms with Crippen LogP contribution in [-0.4, -0.2) is 16.0 Å². The van der Waals surface area contributed by atoms with Crippen molar-refractivity contribution in [1.82, 2.24) is 9.97 Å². The molecule has 64 valence electrons. The Kier molecular flexibility index (Phi) is 1.89. The maximum atomic E-state index is 12.9. The molecule has 0 bridgehead atoms. The molecule has 0 amide bonds. The quantitative estimate of drug-likeness (QED) is 0.726. The van der Waals surface area contributed by atoms with E-state index >= 15 is 0 Å². The first-order valence-electron chi connectivity index (χ1n) is 4.08. The van der Waals surface area contributed by atoms with E-state index in [2.05, 4.69) is 15.3 Å².